The molecule has 0 unspecified atom stereocenters. The van der Waals surface area contributed by atoms with E-state index in [1.807, 2.05) is 80.5 Å². The SMILES string of the molecule is Cc1c(-c2nccn2[C@@H](C)c2nc(C(C)C)no2)c(=O)n(-c2ccccc2)n1C. The highest BCUT2D eigenvalue weighted by atomic mass is 16.5. The molecule has 8 heteroatoms. The van der Waals surface area contributed by atoms with Crippen molar-refractivity contribution in [2.24, 2.45) is 7.05 Å². The molecule has 29 heavy (non-hydrogen) atoms. The Balaban J connectivity index is 1.82. The summed E-state index contributed by atoms with van der Waals surface area (Å²) in [6, 6.07) is 9.31. The molecule has 150 valence electrons. The maximum Gasteiger partial charge on any atom is 0.282 e. The number of imidazole rings is 1. The van der Waals surface area contributed by atoms with Crippen LogP contribution in [0.15, 0.2) is 52.0 Å². The smallest absolute Gasteiger partial charge is 0.282 e. The number of nitrogens with zero attached hydrogens (tertiary/aromatic N) is 6. The normalized spacial score (nSPS) is 12.6. The van der Waals surface area contributed by atoms with E-state index in [1.54, 1.807) is 10.9 Å². The van der Waals surface area contributed by atoms with Crippen LogP contribution in [0.5, 0.6) is 0 Å². The predicted octanol–water partition coefficient (Wildman–Crippen LogP) is 3.46. The second-order valence-corrected chi connectivity index (χ2v) is 7.42. The van der Waals surface area contributed by atoms with Gasteiger partial charge in [0, 0.05) is 31.1 Å². The molecule has 0 bridgehead atoms. The monoisotopic (exact) mass is 392 g/mol. The Bertz CT molecular complexity index is 1200. The van der Waals surface area contributed by atoms with Crippen LogP contribution < -0.4 is 5.56 Å². The molecule has 0 aliphatic heterocycles. The summed E-state index contributed by atoms with van der Waals surface area (Å²) in [4.78, 5) is 22.3. The second-order valence-electron chi connectivity index (χ2n) is 7.42. The maximum absolute atomic E-state index is 13.4. The summed E-state index contributed by atoms with van der Waals surface area (Å²) < 4.78 is 10.9. The first-order valence-corrected chi connectivity index (χ1v) is 9.60. The molecule has 0 saturated carbocycles. The fraction of sp³-hybridized carbons (Fsp3) is 0.333. The van der Waals surface area contributed by atoms with E-state index in [0.717, 1.165) is 11.4 Å². The Morgan fingerprint density at radius 1 is 1.10 bits per heavy atom. The molecule has 4 aromatic rings. The van der Waals surface area contributed by atoms with E-state index in [1.165, 1.54) is 0 Å². The topological polar surface area (TPSA) is 83.7 Å². The second kappa shape index (κ2) is 7.20. The summed E-state index contributed by atoms with van der Waals surface area (Å²) in [6.45, 7) is 7.91. The molecule has 4 rings (SSSR count). The van der Waals surface area contributed by atoms with Gasteiger partial charge in [0.05, 0.1) is 5.69 Å². The summed E-state index contributed by atoms with van der Waals surface area (Å²) in [5.74, 6) is 1.91. The largest absolute Gasteiger partial charge is 0.337 e. The van der Waals surface area contributed by atoms with Crippen LogP contribution in [0.1, 0.15) is 50.1 Å². The van der Waals surface area contributed by atoms with Crippen molar-refractivity contribution in [3.63, 3.8) is 0 Å². The minimum absolute atomic E-state index is 0.121. The zero-order chi connectivity index (χ0) is 20.7. The van der Waals surface area contributed by atoms with Gasteiger partial charge in [-0.05, 0) is 26.0 Å². The van der Waals surface area contributed by atoms with Gasteiger partial charge in [0.25, 0.3) is 5.56 Å². The molecule has 0 radical (unpaired) electrons. The first kappa shape index (κ1) is 18.9. The lowest BCUT2D eigenvalue weighted by Crippen LogP contribution is -2.20. The highest BCUT2D eigenvalue weighted by Gasteiger charge is 2.25. The number of aromatic nitrogens is 6. The number of hydrogen-bond donors (Lipinski definition) is 0. The number of para-hydroxylation sites is 1. The van der Waals surface area contributed by atoms with E-state index >= 15 is 0 Å². The van der Waals surface area contributed by atoms with Crippen LogP contribution in [0.4, 0.5) is 0 Å². The third kappa shape index (κ3) is 3.10. The van der Waals surface area contributed by atoms with Crippen molar-refractivity contribution >= 4 is 0 Å². The lowest BCUT2D eigenvalue weighted by molar-refractivity contribution is 0.341. The van der Waals surface area contributed by atoms with E-state index in [0.29, 0.717) is 23.1 Å². The molecule has 0 N–H and O–H groups in total. The van der Waals surface area contributed by atoms with Crippen molar-refractivity contribution in [1.82, 2.24) is 29.1 Å². The average molecular weight is 392 g/mol. The molecule has 8 nitrogen and oxygen atoms in total. The fourth-order valence-corrected chi connectivity index (χ4v) is 3.42. The lowest BCUT2D eigenvalue weighted by Gasteiger charge is -2.12. The molecule has 0 spiro atoms. The zero-order valence-electron chi connectivity index (χ0n) is 17.2. The Morgan fingerprint density at radius 2 is 1.83 bits per heavy atom. The number of hydrogen-bond acceptors (Lipinski definition) is 5. The van der Waals surface area contributed by atoms with Gasteiger partial charge in [0.1, 0.15) is 17.4 Å². The van der Waals surface area contributed by atoms with E-state index < -0.39 is 0 Å². The summed E-state index contributed by atoms with van der Waals surface area (Å²) in [7, 11) is 1.87. The molecule has 0 saturated heterocycles. The number of benzene rings is 1. The molecular formula is C21H24N6O2. The van der Waals surface area contributed by atoms with Crippen LogP contribution in [0.3, 0.4) is 0 Å². The van der Waals surface area contributed by atoms with Gasteiger partial charge < -0.3 is 9.09 Å². The summed E-state index contributed by atoms with van der Waals surface area (Å²) >= 11 is 0. The first-order valence-electron chi connectivity index (χ1n) is 9.60. The molecule has 0 fully saturated rings. The molecular weight excluding hydrogens is 368 g/mol. The lowest BCUT2D eigenvalue weighted by atomic mass is 10.2. The van der Waals surface area contributed by atoms with E-state index in [-0.39, 0.29) is 17.5 Å². The summed E-state index contributed by atoms with van der Waals surface area (Å²) in [6.07, 6.45) is 3.52. The van der Waals surface area contributed by atoms with Crippen molar-refractivity contribution in [3.05, 3.63) is 70.5 Å². The van der Waals surface area contributed by atoms with E-state index in [4.69, 9.17) is 4.52 Å². The third-order valence-electron chi connectivity index (χ3n) is 5.19. The van der Waals surface area contributed by atoms with Crippen LogP contribution in [-0.4, -0.2) is 29.1 Å². The van der Waals surface area contributed by atoms with Gasteiger partial charge in [0.15, 0.2) is 5.82 Å². The van der Waals surface area contributed by atoms with Gasteiger partial charge in [0.2, 0.25) is 5.89 Å². The van der Waals surface area contributed by atoms with Crippen LogP contribution in [0.2, 0.25) is 0 Å². The molecule has 1 aromatic carbocycles. The molecule has 0 aliphatic rings. The van der Waals surface area contributed by atoms with E-state index in [9.17, 15) is 4.79 Å². The van der Waals surface area contributed by atoms with Gasteiger partial charge in [-0.15, -0.1) is 0 Å². The molecule has 3 heterocycles. The Hall–Kier alpha value is -3.42. The van der Waals surface area contributed by atoms with Crippen LogP contribution in [0.25, 0.3) is 17.1 Å². The number of rotatable bonds is 5. The minimum Gasteiger partial charge on any atom is -0.337 e. The molecule has 0 amide bonds. The third-order valence-corrected chi connectivity index (χ3v) is 5.19. The molecule has 0 aliphatic carbocycles. The molecule has 1 atom stereocenters. The zero-order valence-corrected chi connectivity index (χ0v) is 17.2. The molecule has 3 aromatic heterocycles. The Kier molecular flexibility index (Phi) is 4.70. The maximum atomic E-state index is 13.4. The Morgan fingerprint density at radius 3 is 2.48 bits per heavy atom. The fourth-order valence-electron chi connectivity index (χ4n) is 3.42. The van der Waals surface area contributed by atoms with Crippen molar-refractivity contribution in [1.29, 1.82) is 0 Å². The van der Waals surface area contributed by atoms with Crippen molar-refractivity contribution in [3.8, 4) is 17.1 Å². The van der Waals surface area contributed by atoms with Crippen molar-refractivity contribution in [2.45, 2.75) is 39.7 Å². The van der Waals surface area contributed by atoms with Gasteiger partial charge >= 0.3 is 0 Å². The quantitative estimate of drug-likeness (QED) is 0.519. The minimum atomic E-state index is -0.253. The highest BCUT2D eigenvalue weighted by molar-refractivity contribution is 5.59. The predicted molar refractivity (Wildman–Crippen MR) is 109 cm³/mol. The van der Waals surface area contributed by atoms with Gasteiger partial charge in [-0.2, -0.15) is 4.98 Å². The summed E-state index contributed by atoms with van der Waals surface area (Å²) in [5, 5.41) is 4.05. The summed E-state index contributed by atoms with van der Waals surface area (Å²) in [5.41, 5.74) is 2.06. The van der Waals surface area contributed by atoms with Crippen molar-refractivity contribution in [2.75, 3.05) is 0 Å². The van der Waals surface area contributed by atoms with Crippen molar-refractivity contribution < 1.29 is 4.52 Å². The average Bonchev–Trinajstić information content (AvgIpc) is 3.42. The van der Waals surface area contributed by atoms with E-state index in [2.05, 4.69) is 15.1 Å². The first-order chi connectivity index (χ1) is 13.9. The van der Waals surface area contributed by atoms with Crippen LogP contribution in [0, 0.1) is 6.92 Å². The van der Waals surface area contributed by atoms with Gasteiger partial charge in [-0.3, -0.25) is 9.48 Å². The highest BCUT2D eigenvalue weighted by Crippen LogP contribution is 2.26. The van der Waals surface area contributed by atoms with Gasteiger partial charge in [-0.25, -0.2) is 9.67 Å². The van der Waals surface area contributed by atoms with Gasteiger partial charge in [-0.1, -0.05) is 37.2 Å². The van der Waals surface area contributed by atoms with Crippen LogP contribution in [-0.2, 0) is 7.05 Å². The standard InChI is InChI=1S/C21H24N6O2/c1-13(2)18-23-20(29-24-18)15(4)26-12-11-22-19(26)17-14(3)25(5)27(21(17)28)16-9-7-6-8-10-16/h6-13,15H,1-5H3/t15-/m0/s1. The van der Waals surface area contributed by atoms with Crippen LogP contribution >= 0.6 is 0 Å². The Labute approximate surface area is 168 Å².